The number of nitrogens with zero attached hydrogens (tertiary/aromatic N) is 1. The molecule has 1 saturated carbocycles. The van der Waals surface area contributed by atoms with Gasteiger partial charge in [0.1, 0.15) is 17.6 Å². The highest BCUT2D eigenvalue weighted by Gasteiger charge is 2.28. The average Bonchev–Trinajstić information content (AvgIpc) is 2.88. The lowest BCUT2D eigenvalue weighted by atomic mass is 9.95. The van der Waals surface area contributed by atoms with Crippen molar-refractivity contribution in [2.24, 2.45) is 0 Å². The number of hydrogen-bond donors (Lipinski definition) is 1. The summed E-state index contributed by atoms with van der Waals surface area (Å²) in [5, 5.41) is 5.16. The van der Waals surface area contributed by atoms with E-state index in [-0.39, 0.29) is 36.8 Å². The van der Waals surface area contributed by atoms with Gasteiger partial charge in [-0.2, -0.15) is 0 Å². The highest BCUT2D eigenvalue weighted by atomic mass is 79.9. The van der Waals surface area contributed by atoms with Crippen molar-refractivity contribution in [3.05, 3.63) is 76.5 Å². The van der Waals surface area contributed by atoms with Gasteiger partial charge < -0.3 is 15.0 Å². The Kier molecular flexibility index (Phi) is 8.39. The molecule has 0 bridgehead atoms. The Hall–Kier alpha value is -2.93. The molecule has 7 heteroatoms. The Labute approximate surface area is 213 Å². The molecule has 0 spiro atoms. The molecule has 4 rings (SSSR count). The van der Waals surface area contributed by atoms with Crippen molar-refractivity contribution >= 4 is 38.5 Å². The number of carbonyl (C=O) groups excluding carboxylic acids is 2. The number of hydrogen-bond acceptors (Lipinski definition) is 3. The molecule has 1 fully saturated rings. The number of ether oxygens (including phenoxy) is 1. The molecule has 1 aliphatic rings. The molecule has 1 atom stereocenters. The fraction of sp³-hybridized carbons (Fsp3) is 0.357. The van der Waals surface area contributed by atoms with Gasteiger partial charge in [-0.15, -0.1) is 0 Å². The van der Waals surface area contributed by atoms with Crippen LogP contribution in [-0.2, 0) is 16.1 Å². The predicted molar refractivity (Wildman–Crippen MR) is 139 cm³/mol. The fourth-order valence-corrected chi connectivity index (χ4v) is 5.09. The number of halogens is 2. The third-order valence-electron chi connectivity index (χ3n) is 6.56. The second-order valence-corrected chi connectivity index (χ2v) is 9.85. The Morgan fingerprint density at radius 3 is 2.51 bits per heavy atom. The lowest BCUT2D eigenvalue weighted by molar-refractivity contribution is -0.142. The van der Waals surface area contributed by atoms with Crippen molar-refractivity contribution in [2.45, 2.75) is 57.7 Å². The van der Waals surface area contributed by atoms with E-state index < -0.39 is 6.04 Å². The average molecular weight is 541 g/mol. The third-order valence-corrected chi connectivity index (χ3v) is 7.38. The lowest BCUT2D eigenvalue weighted by Crippen LogP contribution is -2.51. The number of fused-ring (bicyclic) bond motifs is 1. The second kappa shape index (κ2) is 11.7. The summed E-state index contributed by atoms with van der Waals surface area (Å²) in [4.78, 5) is 27.9. The number of carbonyl (C=O) groups is 2. The standard InChI is InChI=1S/C28H30BrFN2O3/c1-19(28(34)31-23-8-3-2-4-9-23)32(17-20-11-14-22(30)15-12-20)26(33)18-35-25-16-13-21-7-5-6-10-24(21)27(25)29/h5-7,10-16,19,23H,2-4,8-9,17-18H2,1H3,(H,31,34). The van der Waals surface area contributed by atoms with Crippen LogP contribution in [0.15, 0.2) is 65.1 Å². The van der Waals surface area contributed by atoms with Gasteiger partial charge in [0.15, 0.2) is 6.61 Å². The van der Waals surface area contributed by atoms with E-state index >= 15 is 0 Å². The molecule has 3 aromatic rings. The van der Waals surface area contributed by atoms with E-state index in [0.29, 0.717) is 5.75 Å². The molecule has 3 aromatic carbocycles. The molecule has 0 saturated heterocycles. The van der Waals surface area contributed by atoms with Gasteiger partial charge in [-0.3, -0.25) is 9.59 Å². The minimum atomic E-state index is -0.696. The summed E-state index contributed by atoms with van der Waals surface area (Å²) in [5.41, 5.74) is 0.740. The molecule has 0 heterocycles. The maximum absolute atomic E-state index is 13.4. The maximum Gasteiger partial charge on any atom is 0.261 e. The third kappa shape index (κ3) is 6.40. The zero-order chi connectivity index (χ0) is 24.8. The van der Waals surface area contributed by atoms with Crippen molar-refractivity contribution in [2.75, 3.05) is 6.61 Å². The molecular formula is C28H30BrFN2O3. The normalized spacial score (nSPS) is 14.9. The number of benzene rings is 3. The first-order valence-corrected chi connectivity index (χ1v) is 12.9. The van der Waals surface area contributed by atoms with E-state index in [1.54, 1.807) is 19.1 Å². The molecule has 1 N–H and O–H groups in total. The van der Waals surface area contributed by atoms with Crippen LogP contribution in [0.4, 0.5) is 4.39 Å². The van der Waals surface area contributed by atoms with Gasteiger partial charge in [0.05, 0.1) is 4.47 Å². The van der Waals surface area contributed by atoms with Crippen molar-refractivity contribution < 1.29 is 18.7 Å². The van der Waals surface area contributed by atoms with Crippen LogP contribution in [0.25, 0.3) is 10.8 Å². The lowest BCUT2D eigenvalue weighted by Gasteiger charge is -2.31. The van der Waals surface area contributed by atoms with Crippen molar-refractivity contribution in [3.63, 3.8) is 0 Å². The van der Waals surface area contributed by atoms with E-state index in [9.17, 15) is 14.0 Å². The van der Waals surface area contributed by atoms with Crippen LogP contribution >= 0.6 is 15.9 Å². The summed E-state index contributed by atoms with van der Waals surface area (Å²) in [7, 11) is 0. The molecule has 35 heavy (non-hydrogen) atoms. The fourth-order valence-electron chi connectivity index (χ4n) is 4.49. The summed E-state index contributed by atoms with van der Waals surface area (Å²) in [5.74, 6) is -0.294. The SMILES string of the molecule is CC(C(=O)NC1CCCCC1)N(Cc1ccc(F)cc1)C(=O)COc1ccc2ccccc2c1Br. The summed E-state index contributed by atoms with van der Waals surface area (Å²) in [6.45, 7) is 1.69. The largest absolute Gasteiger partial charge is 0.483 e. The van der Waals surface area contributed by atoms with E-state index in [0.717, 1.165) is 46.5 Å². The van der Waals surface area contributed by atoms with Gasteiger partial charge in [0.2, 0.25) is 5.91 Å². The highest BCUT2D eigenvalue weighted by molar-refractivity contribution is 9.10. The second-order valence-electron chi connectivity index (χ2n) is 9.06. The van der Waals surface area contributed by atoms with Gasteiger partial charge in [-0.25, -0.2) is 4.39 Å². The summed E-state index contributed by atoms with van der Waals surface area (Å²) < 4.78 is 20.1. The Balaban J connectivity index is 1.49. The molecule has 1 aliphatic carbocycles. The molecular weight excluding hydrogens is 511 g/mol. The molecule has 0 aromatic heterocycles. The van der Waals surface area contributed by atoms with E-state index in [1.807, 2.05) is 36.4 Å². The maximum atomic E-state index is 13.4. The van der Waals surface area contributed by atoms with Crippen LogP contribution in [0.3, 0.4) is 0 Å². The summed E-state index contributed by atoms with van der Waals surface area (Å²) in [6, 6.07) is 17.1. The Morgan fingerprint density at radius 2 is 1.77 bits per heavy atom. The minimum absolute atomic E-state index is 0.145. The molecule has 184 valence electrons. The first-order valence-electron chi connectivity index (χ1n) is 12.1. The smallest absolute Gasteiger partial charge is 0.261 e. The molecule has 0 aliphatic heterocycles. The molecule has 1 unspecified atom stereocenters. The van der Waals surface area contributed by atoms with Crippen LogP contribution < -0.4 is 10.1 Å². The van der Waals surface area contributed by atoms with Crippen LogP contribution in [0, 0.1) is 5.82 Å². The van der Waals surface area contributed by atoms with Gasteiger partial charge in [-0.1, -0.05) is 61.7 Å². The van der Waals surface area contributed by atoms with Crippen LogP contribution in [0.2, 0.25) is 0 Å². The van der Waals surface area contributed by atoms with Crippen LogP contribution in [0.5, 0.6) is 5.75 Å². The minimum Gasteiger partial charge on any atom is -0.483 e. The summed E-state index contributed by atoms with van der Waals surface area (Å²) in [6.07, 6.45) is 5.32. The van der Waals surface area contributed by atoms with E-state index in [1.165, 1.54) is 23.5 Å². The highest BCUT2D eigenvalue weighted by Crippen LogP contribution is 2.33. The van der Waals surface area contributed by atoms with Crippen molar-refractivity contribution in [3.8, 4) is 5.75 Å². The van der Waals surface area contributed by atoms with Gasteiger partial charge in [0, 0.05) is 12.6 Å². The Bertz CT molecular complexity index is 1180. The number of nitrogens with one attached hydrogen (secondary N) is 1. The van der Waals surface area contributed by atoms with Crippen LogP contribution in [0.1, 0.15) is 44.6 Å². The van der Waals surface area contributed by atoms with E-state index in [2.05, 4.69) is 21.2 Å². The zero-order valence-electron chi connectivity index (χ0n) is 19.8. The van der Waals surface area contributed by atoms with Crippen LogP contribution in [-0.4, -0.2) is 35.4 Å². The molecule has 2 amide bonds. The number of rotatable bonds is 8. The Morgan fingerprint density at radius 1 is 1.06 bits per heavy atom. The van der Waals surface area contributed by atoms with Gasteiger partial charge in [-0.05, 0) is 70.2 Å². The van der Waals surface area contributed by atoms with E-state index in [4.69, 9.17) is 4.74 Å². The molecule has 5 nitrogen and oxygen atoms in total. The monoisotopic (exact) mass is 540 g/mol. The zero-order valence-corrected chi connectivity index (χ0v) is 21.4. The predicted octanol–water partition coefficient (Wildman–Crippen LogP) is 5.99. The number of amides is 2. The van der Waals surface area contributed by atoms with Gasteiger partial charge >= 0.3 is 0 Å². The first kappa shape index (κ1) is 25.2. The quantitative estimate of drug-likeness (QED) is 0.382. The van der Waals surface area contributed by atoms with Crippen molar-refractivity contribution in [1.29, 1.82) is 0 Å². The first-order chi connectivity index (χ1) is 16.9. The molecule has 0 radical (unpaired) electrons. The van der Waals surface area contributed by atoms with Gasteiger partial charge in [0.25, 0.3) is 5.91 Å². The summed E-state index contributed by atoms with van der Waals surface area (Å²) >= 11 is 3.59. The van der Waals surface area contributed by atoms with Crippen molar-refractivity contribution in [1.82, 2.24) is 10.2 Å². The topological polar surface area (TPSA) is 58.6 Å².